The molecule has 3 aromatic heterocycles. The first-order valence-corrected chi connectivity index (χ1v) is 9.55. The molecule has 0 aliphatic heterocycles. The van der Waals surface area contributed by atoms with Gasteiger partial charge in [-0.2, -0.15) is 5.10 Å². The van der Waals surface area contributed by atoms with Crippen LogP contribution in [0.3, 0.4) is 0 Å². The number of carbonyl (C=O) groups excluding carboxylic acids is 1. The normalized spacial score (nSPS) is 11.0. The molecule has 0 atom stereocenters. The van der Waals surface area contributed by atoms with Crippen molar-refractivity contribution >= 4 is 34.8 Å². The van der Waals surface area contributed by atoms with Crippen molar-refractivity contribution in [1.29, 1.82) is 0 Å². The van der Waals surface area contributed by atoms with Gasteiger partial charge < -0.3 is 14.3 Å². The molecule has 0 saturated carbocycles. The Morgan fingerprint density at radius 1 is 1.21 bits per heavy atom. The average Bonchev–Trinajstić information content (AvgIpc) is 3.42. The quantitative estimate of drug-likeness (QED) is 0.489. The van der Waals surface area contributed by atoms with Crippen molar-refractivity contribution in [2.45, 2.75) is 20.4 Å². The van der Waals surface area contributed by atoms with E-state index in [9.17, 15) is 4.79 Å². The fourth-order valence-electron chi connectivity index (χ4n) is 2.95. The van der Waals surface area contributed by atoms with Crippen LogP contribution in [-0.4, -0.2) is 25.2 Å². The second kappa shape index (κ2) is 7.77. The summed E-state index contributed by atoms with van der Waals surface area (Å²) < 4.78 is 9.21. The molecule has 0 unspecified atom stereocenters. The first kappa shape index (κ1) is 19.3. The van der Waals surface area contributed by atoms with Crippen LogP contribution >= 0.6 is 23.2 Å². The Hall–Kier alpha value is -3.03. The molecule has 1 aromatic carbocycles. The number of benzene rings is 1. The van der Waals surface area contributed by atoms with Crippen LogP contribution in [0.1, 0.15) is 27.7 Å². The molecule has 0 saturated heterocycles. The lowest BCUT2D eigenvalue weighted by Crippen LogP contribution is -2.11. The number of nitrogens with one attached hydrogen (secondary N) is 1. The Balaban J connectivity index is 1.47. The lowest BCUT2D eigenvalue weighted by molar-refractivity contribution is 0.0994. The Morgan fingerprint density at radius 2 is 2.03 bits per heavy atom. The maximum atomic E-state index is 12.5. The summed E-state index contributed by atoms with van der Waals surface area (Å²) in [6, 6.07) is 8.62. The highest BCUT2D eigenvalue weighted by Gasteiger charge is 2.15. The van der Waals surface area contributed by atoms with Crippen LogP contribution in [0, 0.1) is 13.8 Å². The Kier molecular flexibility index (Phi) is 5.17. The van der Waals surface area contributed by atoms with Crippen molar-refractivity contribution in [2.75, 3.05) is 5.32 Å². The monoisotopic (exact) mass is 429 g/mol. The number of anilines is 1. The number of hydrogen-bond donors (Lipinski definition) is 1. The van der Waals surface area contributed by atoms with E-state index in [-0.39, 0.29) is 11.7 Å². The van der Waals surface area contributed by atoms with Gasteiger partial charge in [0.25, 0.3) is 5.91 Å². The van der Waals surface area contributed by atoms with Crippen molar-refractivity contribution in [1.82, 2.24) is 19.3 Å². The van der Waals surface area contributed by atoms with E-state index in [0.29, 0.717) is 28.0 Å². The van der Waals surface area contributed by atoms with Crippen LogP contribution in [0.4, 0.5) is 5.69 Å². The van der Waals surface area contributed by atoms with E-state index in [1.807, 2.05) is 13.8 Å². The largest absolute Gasteiger partial charge is 0.454 e. The molecular formula is C20H17Cl2N5O2. The summed E-state index contributed by atoms with van der Waals surface area (Å²) in [5.41, 5.74) is 2.93. The highest BCUT2D eigenvalue weighted by Crippen LogP contribution is 2.25. The smallest absolute Gasteiger partial charge is 0.291 e. The van der Waals surface area contributed by atoms with E-state index in [4.69, 9.17) is 27.6 Å². The molecular weight excluding hydrogens is 413 g/mol. The van der Waals surface area contributed by atoms with Gasteiger partial charge in [-0.05, 0) is 44.2 Å². The van der Waals surface area contributed by atoms with Gasteiger partial charge in [-0.1, -0.05) is 23.2 Å². The number of amides is 1. The van der Waals surface area contributed by atoms with Crippen LogP contribution in [0.15, 0.2) is 53.5 Å². The number of nitrogens with zero attached hydrogens (tertiary/aromatic N) is 4. The van der Waals surface area contributed by atoms with Gasteiger partial charge in [-0.15, -0.1) is 0 Å². The summed E-state index contributed by atoms with van der Waals surface area (Å²) in [6.07, 6.45) is 5.11. The molecule has 0 bridgehead atoms. The lowest BCUT2D eigenvalue weighted by atomic mass is 10.2. The molecule has 148 valence electrons. The molecule has 7 nitrogen and oxygen atoms in total. The van der Waals surface area contributed by atoms with Crippen molar-refractivity contribution in [3.63, 3.8) is 0 Å². The molecule has 0 aliphatic carbocycles. The van der Waals surface area contributed by atoms with Crippen LogP contribution in [0.25, 0.3) is 5.69 Å². The molecule has 4 rings (SSSR count). The second-order valence-electron chi connectivity index (χ2n) is 6.50. The summed E-state index contributed by atoms with van der Waals surface area (Å²) in [4.78, 5) is 16.5. The van der Waals surface area contributed by atoms with Crippen molar-refractivity contribution < 1.29 is 9.21 Å². The van der Waals surface area contributed by atoms with Gasteiger partial charge in [-0.25, -0.2) is 4.98 Å². The molecule has 3 heterocycles. The standard InChI is InChI=1S/C20H17Cl2N5O2/c1-12-19(22)13(2)27(25-12)10-15-4-6-18(29-15)20(28)24-14-3-5-17(16(21)9-14)26-8-7-23-11-26/h3-9,11H,10H2,1-2H3,(H,24,28). The summed E-state index contributed by atoms with van der Waals surface area (Å²) >= 11 is 12.5. The number of aromatic nitrogens is 4. The van der Waals surface area contributed by atoms with E-state index in [2.05, 4.69) is 15.4 Å². The highest BCUT2D eigenvalue weighted by molar-refractivity contribution is 6.32. The van der Waals surface area contributed by atoms with Gasteiger partial charge in [0.05, 0.1) is 40.0 Å². The van der Waals surface area contributed by atoms with Gasteiger partial charge in [-0.3, -0.25) is 9.48 Å². The molecule has 1 N–H and O–H groups in total. The van der Waals surface area contributed by atoms with Gasteiger partial charge in [0.15, 0.2) is 5.76 Å². The topological polar surface area (TPSA) is 77.9 Å². The summed E-state index contributed by atoms with van der Waals surface area (Å²) in [5, 5.41) is 8.28. The predicted octanol–water partition coefficient (Wildman–Crippen LogP) is 4.89. The maximum Gasteiger partial charge on any atom is 0.291 e. The zero-order valence-electron chi connectivity index (χ0n) is 15.7. The van der Waals surface area contributed by atoms with Crippen molar-refractivity contribution in [2.24, 2.45) is 0 Å². The van der Waals surface area contributed by atoms with Gasteiger partial charge >= 0.3 is 0 Å². The van der Waals surface area contributed by atoms with Gasteiger partial charge in [0.2, 0.25) is 0 Å². The molecule has 29 heavy (non-hydrogen) atoms. The number of rotatable bonds is 5. The zero-order valence-corrected chi connectivity index (χ0v) is 17.2. The molecule has 0 aliphatic rings. The predicted molar refractivity (Wildman–Crippen MR) is 111 cm³/mol. The maximum absolute atomic E-state index is 12.5. The van der Waals surface area contributed by atoms with Crippen LogP contribution in [0.2, 0.25) is 10.0 Å². The number of aryl methyl sites for hydroxylation is 1. The van der Waals surface area contributed by atoms with E-state index in [0.717, 1.165) is 17.1 Å². The SMILES string of the molecule is Cc1nn(Cc2ccc(C(=O)Nc3ccc(-n4ccnc4)c(Cl)c3)o2)c(C)c1Cl. The van der Waals surface area contributed by atoms with Gasteiger partial charge in [0.1, 0.15) is 5.76 Å². The zero-order chi connectivity index (χ0) is 20.5. The van der Waals surface area contributed by atoms with E-state index in [1.165, 1.54) is 0 Å². The summed E-state index contributed by atoms with van der Waals surface area (Å²) in [6.45, 7) is 4.12. The fourth-order valence-corrected chi connectivity index (χ4v) is 3.36. The minimum absolute atomic E-state index is 0.197. The van der Waals surface area contributed by atoms with E-state index >= 15 is 0 Å². The lowest BCUT2D eigenvalue weighted by Gasteiger charge is -2.08. The van der Waals surface area contributed by atoms with Crippen LogP contribution in [0.5, 0.6) is 0 Å². The summed E-state index contributed by atoms with van der Waals surface area (Å²) in [7, 11) is 0. The molecule has 9 heteroatoms. The molecule has 1 amide bonds. The van der Waals surface area contributed by atoms with Crippen molar-refractivity contribution in [3.8, 4) is 5.69 Å². The third-order valence-corrected chi connectivity index (χ3v) is 5.32. The highest BCUT2D eigenvalue weighted by atomic mass is 35.5. The molecule has 0 radical (unpaired) electrons. The van der Waals surface area contributed by atoms with Crippen LogP contribution in [-0.2, 0) is 6.54 Å². The number of carbonyl (C=O) groups is 1. The fraction of sp³-hybridized carbons (Fsp3) is 0.150. The Labute approximate surface area is 176 Å². The Morgan fingerprint density at radius 3 is 2.69 bits per heavy atom. The number of halogens is 2. The van der Waals surface area contributed by atoms with Gasteiger partial charge in [0, 0.05) is 18.1 Å². The average molecular weight is 430 g/mol. The van der Waals surface area contributed by atoms with Crippen molar-refractivity contribution in [3.05, 3.63) is 82.0 Å². The van der Waals surface area contributed by atoms with Crippen LogP contribution < -0.4 is 5.32 Å². The molecule has 4 aromatic rings. The summed E-state index contributed by atoms with van der Waals surface area (Å²) in [5.74, 6) is 0.433. The second-order valence-corrected chi connectivity index (χ2v) is 7.28. The molecule has 0 spiro atoms. The first-order chi connectivity index (χ1) is 13.9. The number of hydrogen-bond acceptors (Lipinski definition) is 4. The minimum atomic E-state index is -0.367. The number of imidazole rings is 1. The first-order valence-electron chi connectivity index (χ1n) is 8.80. The molecule has 0 fully saturated rings. The van der Waals surface area contributed by atoms with E-state index in [1.54, 1.807) is 58.3 Å². The third kappa shape index (κ3) is 3.92. The minimum Gasteiger partial charge on any atom is -0.454 e. The number of furan rings is 1. The van der Waals surface area contributed by atoms with E-state index < -0.39 is 0 Å². The third-order valence-electron chi connectivity index (χ3n) is 4.47. The Bertz CT molecular complexity index is 1180.